The van der Waals surface area contributed by atoms with Crippen molar-refractivity contribution in [2.45, 2.75) is 26.2 Å². The molecule has 0 radical (unpaired) electrons. The van der Waals surface area contributed by atoms with E-state index in [-0.39, 0.29) is 29.4 Å². The number of anilines is 1. The highest BCUT2D eigenvalue weighted by molar-refractivity contribution is 6.22. The number of benzene rings is 1. The summed E-state index contributed by atoms with van der Waals surface area (Å²) >= 11 is 0. The minimum Gasteiger partial charge on any atom is -0.457 e. The fourth-order valence-corrected chi connectivity index (χ4v) is 3.86. The van der Waals surface area contributed by atoms with Crippen molar-refractivity contribution >= 4 is 23.5 Å². The Kier molecular flexibility index (Phi) is 4.11. The van der Waals surface area contributed by atoms with E-state index in [4.69, 9.17) is 9.15 Å². The van der Waals surface area contributed by atoms with Gasteiger partial charge in [-0.05, 0) is 61.6 Å². The molecule has 6 nitrogen and oxygen atoms in total. The second-order valence-electron chi connectivity index (χ2n) is 7.00. The van der Waals surface area contributed by atoms with Gasteiger partial charge in [0.15, 0.2) is 0 Å². The molecule has 134 valence electrons. The van der Waals surface area contributed by atoms with E-state index in [1.54, 1.807) is 30.3 Å². The van der Waals surface area contributed by atoms with Gasteiger partial charge in [0, 0.05) is 0 Å². The molecule has 2 fully saturated rings. The molecule has 2 heterocycles. The molecule has 0 bridgehead atoms. The second kappa shape index (κ2) is 6.44. The lowest BCUT2D eigenvalue weighted by Gasteiger charge is -2.25. The van der Waals surface area contributed by atoms with Gasteiger partial charge < -0.3 is 9.15 Å². The molecule has 0 N–H and O–H groups in total. The number of furan rings is 1. The lowest BCUT2D eigenvalue weighted by Crippen LogP contribution is -2.30. The zero-order chi connectivity index (χ0) is 18.3. The maximum absolute atomic E-state index is 12.7. The number of amides is 2. The SMILES string of the molecule is C[C@@H]1CC[C@H]2C(=O)N(c3ccc(OC(=O)c4ccco4)cc3)C(=O)[C@H]2C1. The Balaban J connectivity index is 1.51. The second-order valence-corrected chi connectivity index (χ2v) is 7.00. The number of carbonyl (C=O) groups is 3. The van der Waals surface area contributed by atoms with Crippen LogP contribution in [0.25, 0.3) is 0 Å². The molecule has 2 amide bonds. The number of imide groups is 1. The molecule has 3 atom stereocenters. The third-order valence-corrected chi connectivity index (χ3v) is 5.22. The van der Waals surface area contributed by atoms with Gasteiger partial charge >= 0.3 is 5.97 Å². The molecule has 0 spiro atoms. The summed E-state index contributed by atoms with van der Waals surface area (Å²) < 4.78 is 10.2. The highest BCUT2D eigenvalue weighted by Gasteiger charge is 2.49. The van der Waals surface area contributed by atoms with E-state index in [9.17, 15) is 14.4 Å². The number of ether oxygens (including phenoxy) is 1. The van der Waals surface area contributed by atoms with Crippen LogP contribution in [-0.4, -0.2) is 17.8 Å². The first kappa shape index (κ1) is 16.6. The summed E-state index contributed by atoms with van der Waals surface area (Å²) in [6, 6.07) is 9.51. The predicted octanol–water partition coefficient (Wildman–Crippen LogP) is 3.42. The molecule has 2 aliphatic rings. The summed E-state index contributed by atoms with van der Waals surface area (Å²) in [4.78, 5) is 38.6. The predicted molar refractivity (Wildman–Crippen MR) is 92.6 cm³/mol. The van der Waals surface area contributed by atoms with Gasteiger partial charge in [-0.2, -0.15) is 0 Å². The van der Waals surface area contributed by atoms with Crippen molar-refractivity contribution in [2.24, 2.45) is 17.8 Å². The minimum atomic E-state index is -0.601. The van der Waals surface area contributed by atoms with Crippen LogP contribution >= 0.6 is 0 Å². The summed E-state index contributed by atoms with van der Waals surface area (Å²) in [5.74, 6) is -0.346. The number of hydrogen-bond donors (Lipinski definition) is 0. The Labute approximate surface area is 150 Å². The Morgan fingerprint density at radius 1 is 1.08 bits per heavy atom. The highest BCUT2D eigenvalue weighted by Crippen LogP contribution is 2.42. The summed E-state index contributed by atoms with van der Waals surface area (Å²) in [6.07, 6.45) is 3.91. The first-order valence-corrected chi connectivity index (χ1v) is 8.78. The van der Waals surface area contributed by atoms with Gasteiger partial charge in [-0.15, -0.1) is 0 Å². The van der Waals surface area contributed by atoms with Crippen molar-refractivity contribution in [3.63, 3.8) is 0 Å². The van der Waals surface area contributed by atoms with E-state index in [0.717, 1.165) is 19.3 Å². The van der Waals surface area contributed by atoms with Crippen molar-refractivity contribution < 1.29 is 23.5 Å². The summed E-state index contributed by atoms with van der Waals surface area (Å²) in [6.45, 7) is 2.12. The minimum absolute atomic E-state index is 0.108. The van der Waals surface area contributed by atoms with Crippen molar-refractivity contribution in [3.8, 4) is 5.75 Å². The zero-order valence-corrected chi connectivity index (χ0v) is 14.4. The summed E-state index contributed by atoms with van der Waals surface area (Å²) in [7, 11) is 0. The molecule has 6 heteroatoms. The van der Waals surface area contributed by atoms with Gasteiger partial charge in [0.1, 0.15) is 5.75 Å². The molecule has 2 aromatic rings. The van der Waals surface area contributed by atoms with E-state index >= 15 is 0 Å². The summed E-state index contributed by atoms with van der Waals surface area (Å²) in [5, 5.41) is 0. The van der Waals surface area contributed by atoms with E-state index < -0.39 is 5.97 Å². The molecule has 1 saturated carbocycles. The quantitative estimate of drug-likeness (QED) is 0.480. The number of carbonyl (C=O) groups excluding carboxylic acids is 3. The number of nitrogens with zero attached hydrogens (tertiary/aromatic N) is 1. The molecule has 0 unspecified atom stereocenters. The van der Waals surface area contributed by atoms with Crippen LogP contribution in [0.1, 0.15) is 36.7 Å². The van der Waals surface area contributed by atoms with Crippen LogP contribution in [-0.2, 0) is 9.59 Å². The Morgan fingerprint density at radius 3 is 2.50 bits per heavy atom. The first-order valence-electron chi connectivity index (χ1n) is 8.78. The monoisotopic (exact) mass is 353 g/mol. The zero-order valence-electron chi connectivity index (χ0n) is 14.4. The number of esters is 1. The third kappa shape index (κ3) is 2.81. The van der Waals surface area contributed by atoms with Crippen LogP contribution in [0.3, 0.4) is 0 Å². The smallest absolute Gasteiger partial charge is 0.379 e. The molecule has 1 aliphatic heterocycles. The normalized spacial score (nSPS) is 25.3. The fraction of sp³-hybridized carbons (Fsp3) is 0.350. The molecule has 1 saturated heterocycles. The van der Waals surface area contributed by atoms with Gasteiger partial charge in [-0.3, -0.25) is 14.5 Å². The maximum Gasteiger partial charge on any atom is 0.379 e. The summed E-state index contributed by atoms with van der Waals surface area (Å²) in [5.41, 5.74) is 0.514. The molecule has 4 rings (SSSR count). The van der Waals surface area contributed by atoms with E-state index in [0.29, 0.717) is 17.4 Å². The van der Waals surface area contributed by atoms with E-state index in [1.165, 1.54) is 17.2 Å². The lowest BCUT2D eigenvalue weighted by atomic mass is 9.76. The van der Waals surface area contributed by atoms with Crippen molar-refractivity contribution in [1.82, 2.24) is 0 Å². The van der Waals surface area contributed by atoms with Crippen LogP contribution in [0.2, 0.25) is 0 Å². The van der Waals surface area contributed by atoms with E-state index in [2.05, 4.69) is 6.92 Å². The molecule has 26 heavy (non-hydrogen) atoms. The van der Waals surface area contributed by atoms with E-state index in [1.807, 2.05) is 0 Å². The Morgan fingerprint density at radius 2 is 1.81 bits per heavy atom. The van der Waals surface area contributed by atoms with Crippen LogP contribution < -0.4 is 9.64 Å². The van der Waals surface area contributed by atoms with Crippen molar-refractivity contribution in [2.75, 3.05) is 4.90 Å². The number of rotatable bonds is 3. The average molecular weight is 353 g/mol. The van der Waals surface area contributed by atoms with Crippen LogP contribution in [0, 0.1) is 17.8 Å². The van der Waals surface area contributed by atoms with Crippen LogP contribution in [0.4, 0.5) is 5.69 Å². The van der Waals surface area contributed by atoms with Gasteiger partial charge in [0.2, 0.25) is 17.6 Å². The van der Waals surface area contributed by atoms with Gasteiger partial charge in [-0.25, -0.2) is 4.79 Å². The lowest BCUT2D eigenvalue weighted by molar-refractivity contribution is -0.122. The average Bonchev–Trinajstić information content (AvgIpc) is 3.24. The Hall–Kier alpha value is -2.89. The topological polar surface area (TPSA) is 76.8 Å². The molecule has 1 aliphatic carbocycles. The molecular weight excluding hydrogens is 334 g/mol. The fourth-order valence-electron chi connectivity index (χ4n) is 3.86. The van der Waals surface area contributed by atoms with Gasteiger partial charge in [0.05, 0.1) is 23.8 Å². The third-order valence-electron chi connectivity index (χ3n) is 5.22. The van der Waals surface area contributed by atoms with Gasteiger partial charge in [0.25, 0.3) is 0 Å². The first-order chi connectivity index (χ1) is 12.5. The number of hydrogen-bond acceptors (Lipinski definition) is 5. The maximum atomic E-state index is 12.7. The number of fused-ring (bicyclic) bond motifs is 1. The van der Waals surface area contributed by atoms with Crippen molar-refractivity contribution in [3.05, 3.63) is 48.4 Å². The molecular formula is C20H19NO5. The largest absolute Gasteiger partial charge is 0.457 e. The van der Waals surface area contributed by atoms with Gasteiger partial charge in [-0.1, -0.05) is 6.92 Å². The van der Waals surface area contributed by atoms with Crippen LogP contribution in [0.5, 0.6) is 5.75 Å². The molecule has 1 aromatic heterocycles. The van der Waals surface area contributed by atoms with Crippen LogP contribution in [0.15, 0.2) is 47.1 Å². The van der Waals surface area contributed by atoms with Crippen molar-refractivity contribution in [1.29, 1.82) is 0 Å². The standard InChI is InChI=1S/C20H19NO5/c1-12-4-9-15-16(11-12)19(23)21(18(15)22)13-5-7-14(8-6-13)26-20(24)17-3-2-10-25-17/h2-3,5-8,10,12,15-16H,4,9,11H2,1H3/t12-,15-,16+/m1/s1. The molecule has 1 aromatic carbocycles. The highest BCUT2D eigenvalue weighted by atomic mass is 16.5. The Bertz CT molecular complexity index is 840.